The van der Waals surface area contributed by atoms with Gasteiger partial charge in [-0.15, -0.1) is 0 Å². The monoisotopic (exact) mass is 144 g/mol. The van der Waals surface area contributed by atoms with Crippen LogP contribution in [0.2, 0.25) is 0 Å². The van der Waals surface area contributed by atoms with E-state index in [1.165, 1.54) is 0 Å². The zero-order valence-corrected chi connectivity index (χ0v) is 6.07. The Balaban J connectivity index is -0.0000000133. The molecule has 0 unspecified atom stereocenters. The molecule has 0 saturated carbocycles. The largest absolute Gasteiger partial charge is 0.512 e. The Labute approximate surface area is 58.3 Å². The van der Waals surface area contributed by atoms with Crippen molar-refractivity contribution in [1.82, 2.24) is 0 Å². The van der Waals surface area contributed by atoms with E-state index >= 15 is 0 Å². The van der Waals surface area contributed by atoms with E-state index < -0.39 is 0 Å². The van der Waals surface area contributed by atoms with E-state index in [2.05, 4.69) is 6.92 Å². The van der Waals surface area contributed by atoms with Crippen molar-refractivity contribution in [2.75, 3.05) is 0 Å². The van der Waals surface area contributed by atoms with Crippen LogP contribution in [-0.2, 0) is 32.7 Å². The summed E-state index contributed by atoms with van der Waals surface area (Å²) in [6, 6.07) is 0. The van der Waals surface area contributed by atoms with Gasteiger partial charge in [0.15, 0.2) is 0 Å². The second-order valence-electron chi connectivity index (χ2n) is 0. The first kappa shape index (κ1) is 17.5. The van der Waals surface area contributed by atoms with Gasteiger partial charge in [-0.2, -0.15) is 6.92 Å². The number of hydrogen-bond acceptors (Lipinski definition) is 1. The van der Waals surface area contributed by atoms with Crippen LogP contribution in [0.5, 0.6) is 0 Å². The Hall–Kier alpha value is 0.594. The minimum atomic E-state index is 0. The third kappa shape index (κ3) is 87.6. The summed E-state index contributed by atoms with van der Waals surface area (Å²) in [5.41, 5.74) is 0. The molecule has 0 amide bonds. The first-order valence-corrected chi connectivity index (χ1v) is 0.931. The Morgan fingerprint density at radius 3 is 1.40 bits per heavy atom. The maximum Gasteiger partial charge on any atom is 0 e. The Bertz CT molecular complexity index is 11.6. The van der Waals surface area contributed by atoms with Crippen LogP contribution in [-0.4, -0.2) is 0 Å². The van der Waals surface area contributed by atoms with Crippen molar-refractivity contribution < 1.29 is 32.7 Å². The van der Waals surface area contributed by atoms with E-state index in [0.717, 1.165) is 0 Å². The number of hydrogen-bond donors (Lipinski definition) is 0. The predicted octanol–water partition coefficient (Wildman–Crippen LogP) is 0.934. The predicted molar refractivity (Wildman–Crippen MR) is 16.0 cm³/mol. The van der Waals surface area contributed by atoms with Gasteiger partial charge in [-0.05, 0) is 0 Å². The van der Waals surface area contributed by atoms with Crippen molar-refractivity contribution >= 4 is 0 Å². The number of rotatable bonds is 0. The first-order valence-electron chi connectivity index (χ1n) is 0.931. The summed E-state index contributed by atoms with van der Waals surface area (Å²) in [6.07, 6.45) is 0. The van der Waals surface area contributed by atoms with Crippen molar-refractivity contribution in [2.24, 2.45) is 0 Å². The van der Waals surface area contributed by atoms with Gasteiger partial charge in [0.25, 0.3) is 0 Å². The molecule has 0 aromatic carbocycles. The quantitative estimate of drug-likeness (QED) is 0.464. The van der Waals surface area contributed by atoms with E-state index in [-0.39, 0.29) is 32.7 Å². The van der Waals surface area contributed by atoms with Crippen molar-refractivity contribution in [3.8, 4) is 0 Å². The van der Waals surface area contributed by atoms with Gasteiger partial charge in [0, 0.05) is 32.7 Å². The molecule has 0 aliphatic rings. The van der Waals surface area contributed by atoms with Crippen molar-refractivity contribution in [3.05, 3.63) is 13.5 Å². The van der Waals surface area contributed by atoms with Crippen LogP contribution in [0.15, 0.2) is 0 Å². The SMILES string of the molecule is [C-]#N.[CH2-]C.[Y]. The van der Waals surface area contributed by atoms with Crippen molar-refractivity contribution in [3.63, 3.8) is 0 Å². The maximum atomic E-state index is 6.25. The molecule has 1 nitrogen and oxygen atoms in total. The molecule has 0 aromatic heterocycles. The van der Waals surface area contributed by atoms with E-state index in [0.29, 0.717) is 0 Å². The molecule has 5 heavy (non-hydrogen) atoms. The summed E-state index contributed by atoms with van der Waals surface area (Å²) in [6.45, 7) is 9.75. The molecule has 0 aliphatic carbocycles. The molecule has 0 aliphatic heterocycles. The molecule has 27 valence electrons. The van der Waals surface area contributed by atoms with Crippen molar-refractivity contribution in [1.29, 1.82) is 5.26 Å². The molecule has 0 bridgehead atoms. The average molecular weight is 144 g/mol. The molecule has 0 aromatic rings. The molecule has 0 atom stereocenters. The van der Waals surface area contributed by atoms with Gasteiger partial charge in [0.05, 0.1) is 0 Å². The third-order valence-corrected chi connectivity index (χ3v) is 0. The Morgan fingerprint density at radius 2 is 1.40 bits per heavy atom. The summed E-state index contributed by atoms with van der Waals surface area (Å²) in [5, 5.41) is 6.25. The van der Waals surface area contributed by atoms with Crippen LogP contribution < -0.4 is 0 Å². The fraction of sp³-hybridized carbons (Fsp3) is 0.333. The molecule has 0 fully saturated rings. The summed E-state index contributed by atoms with van der Waals surface area (Å²) in [5.74, 6) is 0. The topological polar surface area (TPSA) is 23.8 Å². The van der Waals surface area contributed by atoms with Gasteiger partial charge >= 0.3 is 0 Å². The van der Waals surface area contributed by atoms with Gasteiger partial charge in [-0.25, -0.2) is 0 Å². The fourth-order valence-corrected chi connectivity index (χ4v) is 0. The molecular weight excluding hydrogens is 139 g/mol. The summed E-state index contributed by atoms with van der Waals surface area (Å²) >= 11 is 0. The second kappa shape index (κ2) is 168. The van der Waals surface area contributed by atoms with E-state index in [9.17, 15) is 0 Å². The molecule has 2 heteroatoms. The van der Waals surface area contributed by atoms with Gasteiger partial charge in [-0.3, -0.25) is 0 Å². The van der Waals surface area contributed by atoms with E-state index in [1.807, 2.05) is 0 Å². The average Bonchev–Trinajstić information content (AvgIpc) is 1.50. The molecule has 0 saturated heterocycles. The van der Waals surface area contributed by atoms with Gasteiger partial charge < -0.3 is 18.8 Å². The number of nitrogens with zero attached hydrogens (tertiary/aromatic N) is 1. The van der Waals surface area contributed by atoms with E-state index in [4.69, 9.17) is 11.8 Å². The minimum Gasteiger partial charge on any atom is -0.512 e. The zero-order valence-electron chi connectivity index (χ0n) is 3.23. The summed E-state index contributed by atoms with van der Waals surface area (Å²) in [4.78, 5) is 0. The van der Waals surface area contributed by atoms with Crippen LogP contribution in [0.4, 0.5) is 0 Å². The summed E-state index contributed by atoms with van der Waals surface area (Å²) < 4.78 is 0. The molecular formula is C3H5NY-2. The van der Waals surface area contributed by atoms with Crippen LogP contribution in [0, 0.1) is 18.8 Å². The normalized spacial score (nSPS) is 1.60. The Kier molecular flexibility index (Phi) is 590. The smallest absolute Gasteiger partial charge is 0 e. The van der Waals surface area contributed by atoms with Gasteiger partial charge in [0.2, 0.25) is 0 Å². The van der Waals surface area contributed by atoms with Crippen LogP contribution in [0.3, 0.4) is 0 Å². The maximum absolute atomic E-state index is 6.25. The molecule has 0 spiro atoms. The van der Waals surface area contributed by atoms with Crippen LogP contribution in [0.1, 0.15) is 6.92 Å². The van der Waals surface area contributed by atoms with Crippen LogP contribution >= 0.6 is 0 Å². The molecule has 0 N–H and O–H groups in total. The zero-order chi connectivity index (χ0) is 4.00. The first-order chi connectivity index (χ1) is 2.00. The minimum absolute atomic E-state index is 0. The van der Waals surface area contributed by atoms with Crippen LogP contribution in [0.25, 0.3) is 0 Å². The van der Waals surface area contributed by atoms with E-state index in [1.54, 1.807) is 6.92 Å². The summed E-state index contributed by atoms with van der Waals surface area (Å²) in [7, 11) is 0. The van der Waals surface area contributed by atoms with Gasteiger partial charge in [0.1, 0.15) is 0 Å². The third-order valence-electron chi connectivity index (χ3n) is 0. The molecule has 0 rings (SSSR count). The fourth-order valence-electron chi connectivity index (χ4n) is 0. The second-order valence-corrected chi connectivity index (χ2v) is 0. The van der Waals surface area contributed by atoms with Gasteiger partial charge in [-0.1, -0.05) is 0 Å². The molecule has 0 heterocycles. The van der Waals surface area contributed by atoms with Crippen molar-refractivity contribution in [2.45, 2.75) is 6.92 Å². The standard InChI is InChI=1S/C2H5.CN.Y/c2*1-2;/h1H2,2H3;;/q2*-1;. The Morgan fingerprint density at radius 1 is 1.40 bits per heavy atom. The molecule has 1 radical (unpaired) electrons.